The van der Waals surface area contributed by atoms with Crippen molar-refractivity contribution >= 4 is 23.4 Å². The fourth-order valence-corrected chi connectivity index (χ4v) is 3.71. The summed E-state index contributed by atoms with van der Waals surface area (Å²) in [5, 5.41) is 0.675. The summed E-state index contributed by atoms with van der Waals surface area (Å²) in [7, 11) is 1.41. The molecule has 1 heterocycles. The third-order valence-electron chi connectivity index (χ3n) is 4.96. The summed E-state index contributed by atoms with van der Waals surface area (Å²) < 4.78 is 5.03. The number of hydrogen-bond donors (Lipinski definition) is 0. The highest BCUT2D eigenvalue weighted by atomic mass is 35.5. The molecule has 0 aromatic heterocycles. The van der Waals surface area contributed by atoms with Gasteiger partial charge in [0.15, 0.2) is 5.78 Å². The molecule has 1 aliphatic rings. The van der Waals surface area contributed by atoms with Crippen molar-refractivity contribution in [2.24, 2.45) is 5.92 Å². The number of ether oxygens (including phenoxy) is 1. The number of rotatable bonds is 5. The Hall–Kier alpha value is -2.17. The SMILES string of the molecule is COC(=O)C1CN(CC(=O)c2ccccc2)CCC1c1ccc(Cl)cc1. The van der Waals surface area contributed by atoms with Crippen molar-refractivity contribution in [3.8, 4) is 0 Å². The van der Waals surface area contributed by atoms with Gasteiger partial charge in [-0.05, 0) is 36.6 Å². The first-order valence-corrected chi connectivity index (χ1v) is 9.10. The van der Waals surface area contributed by atoms with E-state index in [2.05, 4.69) is 0 Å². The van der Waals surface area contributed by atoms with Gasteiger partial charge < -0.3 is 4.74 Å². The minimum atomic E-state index is -0.293. The second-order valence-electron chi connectivity index (χ2n) is 6.60. The van der Waals surface area contributed by atoms with E-state index in [4.69, 9.17) is 16.3 Å². The molecule has 5 heteroatoms. The van der Waals surface area contributed by atoms with Crippen LogP contribution in [0.25, 0.3) is 0 Å². The number of likely N-dealkylation sites (tertiary alicyclic amines) is 1. The van der Waals surface area contributed by atoms with Crippen molar-refractivity contribution in [2.75, 3.05) is 26.7 Å². The summed E-state index contributed by atoms with van der Waals surface area (Å²) >= 11 is 5.98. The van der Waals surface area contributed by atoms with Crippen molar-refractivity contribution in [1.82, 2.24) is 4.90 Å². The highest BCUT2D eigenvalue weighted by Gasteiger charge is 2.36. The van der Waals surface area contributed by atoms with E-state index in [1.54, 1.807) is 0 Å². The molecule has 0 saturated carbocycles. The quantitative estimate of drug-likeness (QED) is 0.592. The van der Waals surface area contributed by atoms with Crippen LogP contribution in [-0.2, 0) is 9.53 Å². The lowest BCUT2D eigenvalue weighted by molar-refractivity contribution is -0.148. The summed E-state index contributed by atoms with van der Waals surface area (Å²) in [6.45, 7) is 1.59. The number of methoxy groups -OCH3 is 1. The normalized spacial score (nSPS) is 20.5. The topological polar surface area (TPSA) is 46.6 Å². The Morgan fingerprint density at radius 1 is 1.12 bits per heavy atom. The zero-order valence-electron chi connectivity index (χ0n) is 14.7. The molecule has 2 aromatic rings. The fourth-order valence-electron chi connectivity index (χ4n) is 3.58. The van der Waals surface area contributed by atoms with Crippen molar-refractivity contribution in [3.05, 3.63) is 70.7 Å². The van der Waals surface area contributed by atoms with Crippen molar-refractivity contribution < 1.29 is 14.3 Å². The number of piperidine rings is 1. The van der Waals surface area contributed by atoms with E-state index in [-0.39, 0.29) is 23.6 Å². The maximum atomic E-state index is 12.5. The van der Waals surface area contributed by atoms with E-state index in [0.29, 0.717) is 23.7 Å². The summed E-state index contributed by atoms with van der Waals surface area (Å²) in [4.78, 5) is 26.9. The van der Waals surface area contributed by atoms with E-state index in [1.807, 2.05) is 59.5 Å². The molecule has 136 valence electrons. The first-order chi connectivity index (χ1) is 12.6. The molecule has 1 fully saturated rings. The second kappa shape index (κ2) is 8.47. The highest BCUT2D eigenvalue weighted by Crippen LogP contribution is 2.34. The average Bonchev–Trinajstić information content (AvgIpc) is 2.68. The van der Waals surface area contributed by atoms with Crippen LogP contribution in [0.5, 0.6) is 0 Å². The lowest BCUT2D eigenvalue weighted by Gasteiger charge is -2.37. The van der Waals surface area contributed by atoms with Gasteiger partial charge in [0.05, 0.1) is 19.6 Å². The molecular formula is C21H22ClNO3. The first-order valence-electron chi connectivity index (χ1n) is 8.72. The van der Waals surface area contributed by atoms with Gasteiger partial charge >= 0.3 is 5.97 Å². The van der Waals surface area contributed by atoms with Crippen LogP contribution in [-0.4, -0.2) is 43.4 Å². The monoisotopic (exact) mass is 371 g/mol. The Bertz CT molecular complexity index is 761. The number of hydrogen-bond acceptors (Lipinski definition) is 4. The largest absolute Gasteiger partial charge is 0.469 e. The maximum absolute atomic E-state index is 12.5. The minimum Gasteiger partial charge on any atom is -0.469 e. The zero-order valence-corrected chi connectivity index (χ0v) is 15.5. The van der Waals surface area contributed by atoms with E-state index in [1.165, 1.54) is 7.11 Å². The van der Waals surface area contributed by atoms with Crippen molar-refractivity contribution in [2.45, 2.75) is 12.3 Å². The van der Waals surface area contributed by atoms with E-state index in [9.17, 15) is 9.59 Å². The van der Waals surface area contributed by atoms with Gasteiger partial charge in [0.25, 0.3) is 0 Å². The van der Waals surface area contributed by atoms with Crippen LogP contribution in [0.2, 0.25) is 5.02 Å². The molecule has 0 aliphatic carbocycles. The summed E-state index contributed by atoms with van der Waals surface area (Å²) in [6, 6.07) is 16.9. The first kappa shape index (κ1) is 18.6. The number of ketones is 1. The molecule has 1 aliphatic heterocycles. The van der Waals surface area contributed by atoms with Crippen molar-refractivity contribution in [3.63, 3.8) is 0 Å². The van der Waals surface area contributed by atoms with Gasteiger partial charge in [-0.25, -0.2) is 0 Å². The molecule has 0 N–H and O–H groups in total. The smallest absolute Gasteiger partial charge is 0.310 e. The number of nitrogens with zero attached hydrogens (tertiary/aromatic N) is 1. The van der Waals surface area contributed by atoms with Crippen molar-refractivity contribution in [1.29, 1.82) is 0 Å². The second-order valence-corrected chi connectivity index (χ2v) is 7.04. The van der Waals surface area contributed by atoms with E-state index in [0.717, 1.165) is 18.5 Å². The molecule has 26 heavy (non-hydrogen) atoms. The highest BCUT2D eigenvalue weighted by molar-refractivity contribution is 6.30. The molecule has 1 saturated heterocycles. The van der Waals surface area contributed by atoms with E-state index < -0.39 is 0 Å². The molecule has 2 unspecified atom stereocenters. The number of halogens is 1. The average molecular weight is 372 g/mol. The lowest BCUT2D eigenvalue weighted by atomic mass is 9.80. The lowest BCUT2D eigenvalue weighted by Crippen LogP contribution is -2.45. The van der Waals surface area contributed by atoms with Gasteiger partial charge in [-0.2, -0.15) is 0 Å². The Labute approximate surface area is 158 Å². The standard InChI is InChI=1S/C21H22ClNO3/c1-26-21(25)19-13-23(14-20(24)16-5-3-2-4-6-16)12-11-18(19)15-7-9-17(22)10-8-15/h2-10,18-19H,11-14H2,1H3. The number of Topliss-reactive ketones (excluding diaryl/α,β-unsaturated/α-hetero) is 1. The van der Waals surface area contributed by atoms with Gasteiger partial charge in [-0.3, -0.25) is 14.5 Å². The molecular weight excluding hydrogens is 350 g/mol. The Morgan fingerprint density at radius 2 is 1.81 bits per heavy atom. The molecule has 0 amide bonds. The molecule has 3 rings (SSSR count). The van der Waals surface area contributed by atoms with Gasteiger partial charge in [-0.1, -0.05) is 54.1 Å². The number of benzene rings is 2. The Morgan fingerprint density at radius 3 is 2.46 bits per heavy atom. The fraction of sp³-hybridized carbons (Fsp3) is 0.333. The third kappa shape index (κ3) is 4.32. The van der Waals surface area contributed by atoms with Crippen LogP contribution in [0.4, 0.5) is 0 Å². The van der Waals surface area contributed by atoms with Crippen LogP contribution in [0.3, 0.4) is 0 Å². The van der Waals surface area contributed by atoms with Gasteiger partial charge in [0.1, 0.15) is 0 Å². The summed E-state index contributed by atoms with van der Waals surface area (Å²) in [6.07, 6.45) is 0.795. The number of carbonyl (C=O) groups is 2. The zero-order chi connectivity index (χ0) is 18.5. The Kier molecular flexibility index (Phi) is 6.07. The molecule has 0 spiro atoms. The summed E-state index contributed by atoms with van der Waals surface area (Å²) in [5.74, 6) is -0.387. The molecule has 0 radical (unpaired) electrons. The van der Waals surface area contributed by atoms with Gasteiger partial charge in [0, 0.05) is 17.1 Å². The molecule has 4 nitrogen and oxygen atoms in total. The number of esters is 1. The van der Waals surface area contributed by atoms with Crippen LogP contribution in [0, 0.1) is 5.92 Å². The van der Waals surface area contributed by atoms with Crippen LogP contribution >= 0.6 is 11.6 Å². The molecule has 0 bridgehead atoms. The van der Waals surface area contributed by atoms with Gasteiger partial charge in [0.2, 0.25) is 0 Å². The van der Waals surface area contributed by atoms with E-state index >= 15 is 0 Å². The van der Waals surface area contributed by atoms with Gasteiger partial charge in [-0.15, -0.1) is 0 Å². The summed E-state index contributed by atoms with van der Waals surface area (Å²) in [5.41, 5.74) is 1.78. The minimum absolute atomic E-state index is 0.0687. The predicted molar refractivity (Wildman–Crippen MR) is 102 cm³/mol. The molecule has 2 atom stereocenters. The van der Waals surface area contributed by atoms with Crippen LogP contribution < -0.4 is 0 Å². The van der Waals surface area contributed by atoms with Crippen LogP contribution in [0.15, 0.2) is 54.6 Å². The molecule has 2 aromatic carbocycles. The Balaban J connectivity index is 1.72. The third-order valence-corrected chi connectivity index (χ3v) is 5.21. The van der Waals surface area contributed by atoms with Crippen LogP contribution in [0.1, 0.15) is 28.3 Å². The predicted octanol–water partition coefficient (Wildman–Crippen LogP) is 3.80. The maximum Gasteiger partial charge on any atom is 0.310 e. The number of carbonyl (C=O) groups excluding carboxylic acids is 2.